The van der Waals surface area contributed by atoms with E-state index in [1.807, 2.05) is 77.0 Å². The van der Waals surface area contributed by atoms with Gasteiger partial charge in [-0.2, -0.15) is 0 Å². The van der Waals surface area contributed by atoms with Gasteiger partial charge in [0.1, 0.15) is 22.3 Å². The summed E-state index contributed by atoms with van der Waals surface area (Å²) >= 11 is 12.8. The molecule has 1 fully saturated rings. The van der Waals surface area contributed by atoms with Gasteiger partial charge in [-0.15, -0.1) is 0 Å². The van der Waals surface area contributed by atoms with Gasteiger partial charge in [0.05, 0.1) is 12.6 Å². The maximum atomic E-state index is 13.6. The summed E-state index contributed by atoms with van der Waals surface area (Å²) in [6, 6.07) is 27.5. The smallest absolute Gasteiger partial charge is 0.251 e. The van der Waals surface area contributed by atoms with E-state index >= 15 is 0 Å². The molecule has 6 aromatic rings. The number of aromatic nitrogens is 4. The second-order valence-corrected chi connectivity index (χ2v) is 12.7. The number of nitrogens with one attached hydrogen (secondary N) is 1. The molecule has 7 rings (SSSR count). The van der Waals surface area contributed by atoms with Crippen molar-refractivity contribution in [1.29, 1.82) is 0 Å². The standard InChI is InChI=1S/C37H33Cl2N5O2/c1-43-17-16-40-36(43)37(28-11-15-34(39)41-22-28,42-21-24-8-12-30(46-2)13-9-24)27-10-14-33-32(19-27)31(26-4-3-5-29(38)18-26)20-35(45)44(33)23-25-6-7-25/h3-5,8-20,22,25,42H,6-7,21,23H2,1-2H3. The van der Waals surface area contributed by atoms with Gasteiger partial charge in [0.2, 0.25) is 0 Å². The van der Waals surface area contributed by atoms with Gasteiger partial charge in [-0.1, -0.05) is 59.6 Å². The van der Waals surface area contributed by atoms with E-state index in [4.69, 9.17) is 32.9 Å². The van der Waals surface area contributed by atoms with Gasteiger partial charge in [0, 0.05) is 60.8 Å². The Morgan fingerprint density at radius 3 is 2.43 bits per heavy atom. The maximum absolute atomic E-state index is 13.6. The molecule has 1 aliphatic rings. The molecule has 0 bridgehead atoms. The molecule has 1 N–H and O–H groups in total. The fourth-order valence-corrected chi connectivity index (χ4v) is 6.57. The number of imidazole rings is 1. The molecule has 0 spiro atoms. The van der Waals surface area contributed by atoms with E-state index in [0.717, 1.165) is 63.1 Å². The van der Waals surface area contributed by atoms with Crippen molar-refractivity contribution in [3.63, 3.8) is 0 Å². The third kappa shape index (κ3) is 5.71. The minimum atomic E-state index is -0.951. The van der Waals surface area contributed by atoms with Gasteiger partial charge in [0.15, 0.2) is 0 Å². The summed E-state index contributed by atoms with van der Waals surface area (Å²) in [5, 5.41) is 5.85. The number of hydrogen-bond acceptors (Lipinski definition) is 5. The van der Waals surface area contributed by atoms with Crippen molar-refractivity contribution in [3.05, 3.63) is 147 Å². The predicted molar refractivity (Wildman–Crippen MR) is 184 cm³/mol. The number of ether oxygens (including phenoxy) is 1. The van der Waals surface area contributed by atoms with Crippen molar-refractivity contribution < 1.29 is 4.74 Å². The maximum Gasteiger partial charge on any atom is 0.251 e. The predicted octanol–water partition coefficient (Wildman–Crippen LogP) is 7.60. The Balaban J connectivity index is 1.49. The SMILES string of the molecule is COc1ccc(CNC(c2ccc(Cl)nc2)(c2ccc3c(c2)c(-c2cccc(Cl)c2)cc(=O)n3CC2CC2)c2nccn2C)cc1. The molecule has 7 nitrogen and oxygen atoms in total. The highest BCUT2D eigenvalue weighted by atomic mass is 35.5. The number of rotatable bonds is 10. The van der Waals surface area contributed by atoms with Gasteiger partial charge < -0.3 is 13.9 Å². The zero-order valence-corrected chi connectivity index (χ0v) is 27.1. The monoisotopic (exact) mass is 649 g/mol. The number of halogens is 2. The number of nitrogens with zero attached hydrogens (tertiary/aromatic N) is 4. The zero-order chi connectivity index (χ0) is 31.8. The van der Waals surface area contributed by atoms with Crippen molar-refractivity contribution >= 4 is 34.1 Å². The van der Waals surface area contributed by atoms with Crippen molar-refractivity contribution in [2.24, 2.45) is 13.0 Å². The summed E-state index contributed by atoms with van der Waals surface area (Å²) in [6.07, 6.45) is 7.82. The van der Waals surface area contributed by atoms with Crippen LogP contribution in [0.15, 0.2) is 108 Å². The van der Waals surface area contributed by atoms with E-state index in [1.165, 1.54) is 0 Å². The summed E-state index contributed by atoms with van der Waals surface area (Å²) in [5.74, 6) is 2.09. The van der Waals surface area contributed by atoms with Gasteiger partial charge >= 0.3 is 0 Å². The first-order valence-electron chi connectivity index (χ1n) is 15.3. The normalized spacial score (nSPS) is 14.3. The first kappa shape index (κ1) is 30.2. The average Bonchev–Trinajstić information content (AvgIpc) is 3.80. The van der Waals surface area contributed by atoms with Crippen molar-refractivity contribution in [2.45, 2.75) is 31.5 Å². The number of fused-ring (bicyclic) bond motifs is 1. The molecule has 46 heavy (non-hydrogen) atoms. The first-order valence-corrected chi connectivity index (χ1v) is 16.0. The summed E-state index contributed by atoms with van der Waals surface area (Å²) in [4.78, 5) is 23.0. The highest BCUT2D eigenvalue weighted by molar-refractivity contribution is 6.31. The molecular weight excluding hydrogens is 617 g/mol. The molecule has 3 aromatic carbocycles. The van der Waals surface area contributed by atoms with Crippen LogP contribution >= 0.6 is 23.2 Å². The second-order valence-electron chi connectivity index (χ2n) is 11.9. The highest BCUT2D eigenvalue weighted by Gasteiger charge is 2.40. The molecule has 0 amide bonds. The number of aryl methyl sites for hydroxylation is 1. The molecule has 0 radical (unpaired) electrons. The molecule has 3 heterocycles. The zero-order valence-electron chi connectivity index (χ0n) is 25.6. The third-order valence-electron chi connectivity index (χ3n) is 8.85. The van der Waals surface area contributed by atoms with Crippen LogP contribution in [0.2, 0.25) is 10.2 Å². The molecule has 9 heteroatoms. The Bertz CT molecular complexity index is 2090. The Morgan fingerprint density at radius 1 is 0.957 bits per heavy atom. The van der Waals surface area contributed by atoms with E-state index in [1.54, 1.807) is 31.6 Å². The lowest BCUT2D eigenvalue weighted by molar-refractivity contribution is 0.413. The van der Waals surface area contributed by atoms with Crippen LogP contribution in [-0.2, 0) is 25.7 Å². The van der Waals surface area contributed by atoms with Crippen molar-refractivity contribution in [2.75, 3.05) is 7.11 Å². The van der Waals surface area contributed by atoms with Gasteiger partial charge in [-0.05, 0) is 83.5 Å². The van der Waals surface area contributed by atoms with Crippen molar-refractivity contribution in [1.82, 2.24) is 24.4 Å². The average molecular weight is 651 g/mol. The number of pyridine rings is 2. The fraction of sp³-hybridized carbons (Fsp3) is 0.216. The van der Waals surface area contributed by atoms with Crippen LogP contribution < -0.4 is 15.6 Å². The van der Waals surface area contributed by atoms with E-state index in [-0.39, 0.29) is 5.56 Å². The Kier molecular flexibility index (Phi) is 8.15. The molecule has 232 valence electrons. The lowest BCUT2D eigenvalue weighted by Gasteiger charge is -2.36. The molecule has 1 saturated carbocycles. The summed E-state index contributed by atoms with van der Waals surface area (Å²) in [7, 11) is 3.65. The number of methoxy groups -OCH3 is 1. The Labute approximate surface area is 277 Å². The van der Waals surface area contributed by atoms with Crippen LogP contribution in [0, 0.1) is 5.92 Å². The van der Waals surface area contributed by atoms with Gasteiger partial charge in [0.25, 0.3) is 5.56 Å². The van der Waals surface area contributed by atoms with Gasteiger partial charge in [-0.3, -0.25) is 10.1 Å². The summed E-state index contributed by atoms with van der Waals surface area (Å²) in [5.41, 5.74) is 4.50. The van der Waals surface area contributed by atoms with Gasteiger partial charge in [-0.25, -0.2) is 9.97 Å². The Hall–Kier alpha value is -4.43. The summed E-state index contributed by atoms with van der Waals surface area (Å²) in [6.45, 7) is 1.21. The topological polar surface area (TPSA) is 74.0 Å². The van der Waals surface area contributed by atoms with Crippen LogP contribution in [0.3, 0.4) is 0 Å². The van der Waals surface area contributed by atoms with Crippen molar-refractivity contribution in [3.8, 4) is 16.9 Å². The van der Waals surface area contributed by atoms with Crippen LogP contribution in [0.4, 0.5) is 0 Å². The van der Waals surface area contributed by atoms with Crippen LogP contribution in [0.5, 0.6) is 5.75 Å². The molecule has 1 atom stereocenters. The minimum absolute atomic E-state index is 0.0166. The first-order chi connectivity index (χ1) is 22.4. The number of hydrogen-bond donors (Lipinski definition) is 1. The Morgan fingerprint density at radius 2 is 1.76 bits per heavy atom. The molecule has 0 saturated heterocycles. The second kappa shape index (κ2) is 12.4. The molecular formula is C37H33Cl2N5O2. The van der Waals surface area contributed by atoms with E-state index in [0.29, 0.717) is 29.2 Å². The molecule has 0 aliphatic heterocycles. The van der Waals surface area contributed by atoms with Crippen LogP contribution in [-0.4, -0.2) is 26.2 Å². The quantitative estimate of drug-likeness (QED) is 0.155. The van der Waals surface area contributed by atoms with E-state index in [9.17, 15) is 4.79 Å². The molecule has 1 aliphatic carbocycles. The lowest BCUT2D eigenvalue weighted by Crippen LogP contribution is -2.46. The van der Waals surface area contributed by atoms with Crippen LogP contribution in [0.1, 0.15) is 35.4 Å². The summed E-state index contributed by atoms with van der Waals surface area (Å²) < 4.78 is 9.33. The third-order valence-corrected chi connectivity index (χ3v) is 9.31. The highest BCUT2D eigenvalue weighted by Crippen LogP contribution is 2.40. The minimum Gasteiger partial charge on any atom is -0.497 e. The largest absolute Gasteiger partial charge is 0.497 e. The lowest BCUT2D eigenvalue weighted by atomic mass is 9.81. The number of benzene rings is 3. The van der Waals surface area contributed by atoms with E-state index in [2.05, 4.69) is 28.5 Å². The van der Waals surface area contributed by atoms with E-state index < -0.39 is 5.54 Å². The molecule has 1 unspecified atom stereocenters. The molecule has 3 aromatic heterocycles. The fourth-order valence-electron chi connectivity index (χ4n) is 6.27. The van der Waals surface area contributed by atoms with Crippen LogP contribution in [0.25, 0.3) is 22.0 Å².